The molecule has 106 valence electrons. The van der Waals surface area contributed by atoms with E-state index < -0.39 is 0 Å². The number of benzene rings is 2. The number of H-pyrrole nitrogens is 1. The molecule has 0 radical (unpaired) electrons. The third-order valence-corrected chi connectivity index (χ3v) is 3.70. The van der Waals surface area contributed by atoms with Gasteiger partial charge in [-0.15, -0.1) is 0 Å². The predicted octanol–water partition coefficient (Wildman–Crippen LogP) is 3.07. The van der Waals surface area contributed by atoms with Gasteiger partial charge < -0.3 is 5.11 Å². The van der Waals surface area contributed by atoms with Crippen molar-refractivity contribution >= 4 is 12.2 Å². The van der Waals surface area contributed by atoms with E-state index in [9.17, 15) is 5.11 Å². The van der Waals surface area contributed by atoms with Crippen LogP contribution in [-0.4, -0.2) is 19.9 Å². The minimum Gasteiger partial charge on any atom is -0.388 e. The van der Waals surface area contributed by atoms with Crippen LogP contribution in [0.3, 0.4) is 0 Å². The molecule has 0 fully saturated rings. The molecule has 0 aliphatic heterocycles. The van der Waals surface area contributed by atoms with Crippen LogP contribution in [0.5, 0.6) is 0 Å². The lowest BCUT2D eigenvalue weighted by molar-refractivity contribution is 0.263. The molecule has 0 aliphatic rings. The molecular weight excluding hydrogens is 282 g/mol. The molecule has 5 heteroatoms. The van der Waals surface area contributed by atoms with Gasteiger partial charge in [0, 0.05) is 0 Å². The van der Waals surface area contributed by atoms with Gasteiger partial charge in [-0.25, -0.2) is 0 Å². The van der Waals surface area contributed by atoms with Gasteiger partial charge in [0.25, 0.3) is 0 Å². The number of aromatic amines is 1. The van der Waals surface area contributed by atoms with Gasteiger partial charge in [0.2, 0.25) is 0 Å². The van der Waals surface area contributed by atoms with Crippen LogP contribution in [0.4, 0.5) is 0 Å². The lowest BCUT2D eigenvalue weighted by atomic mass is 9.98. The van der Waals surface area contributed by atoms with Crippen LogP contribution in [0.25, 0.3) is 0 Å². The molecule has 0 aliphatic carbocycles. The predicted molar refractivity (Wildman–Crippen MR) is 83.5 cm³/mol. The summed E-state index contributed by atoms with van der Waals surface area (Å²) in [5.41, 5.74) is 2.19. The average Bonchev–Trinajstić information content (AvgIpc) is 2.91. The van der Waals surface area contributed by atoms with Crippen molar-refractivity contribution in [2.45, 2.75) is 12.6 Å². The van der Waals surface area contributed by atoms with Gasteiger partial charge in [-0.2, -0.15) is 5.10 Å². The number of rotatable bonds is 4. The first kappa shape index (κ1) is 13.7. The molecular formula is C16H15N3OS. The zero-order valence-corrected chi connectivity index (χ0v) is 12.1. The zero-order valence-electron chi connectivity index (χ0n) is 11.3. The molecule has 0 saturated heterocycles. The molecule has 3 aromatic rings. The summed E-state index contributed by atoms with van der Waals surface area (Å²) in [6, 6.07) is 20.0. The first-order valence-corrected chi connectivity index (χ1v) is 7.08. The smallest absolute Gasteiger partial charge is 0.196 e. The fourth-order valence-electron chi connectivity index (χ4n) is 2.48. The van der Waals surface area contributed by atoms with Crippen LogP contribution in [0, 0.1) is 4.77 Å². The summed E-state index contributed by atoms with van der Waals surface area (Å²) < 4.78 is 2.36. The van der Waals surface area contributed by atoms with E-state index in [0.717, 1.165) is 11.1 Å². The standard InChI is InChI=1S/C16H15N3OS/c20-11-14-17-18-16(21)19(14)15(12-7-3-1-4-8-12)13-9-5-2-6-10-13/h1-10,15,20H,11H2,(H,18,21). The van der Waals surface area contributed by atoms with Gasteiger partial charge in [0.1, 0.15) is 6.61 Å². The normalized spacial score (nSPS) is 11.0. The van der Waals surface area contributed by atoms with E-state index in [1.807, 2.05) is 65.2 Å². The van der Waals surface area contributed by atoms with Crippen molar-refractivity contribution in [3.8, 4) is 0 Å². The van der Waals surface area contributed by atoms with Gasteiger partial charge in [-0.1, -0.05) is 60.7 Å². The first-order valence-electron chi connectivity index (χ1n) is 6.68. The highest BCUT2D eigenvalue weighted by Gasteiger charge is 2.20. The minimum absolute atomic E-state index is 0.110. The van der Waals surface area contributed by atoms with Crippen molar-refractivity contribution in [1.29, 1.82) is 0 Å². The molecule has 0 bridgehead atoms. The highest BCUT2D eigenvalue weighted by atomic mass is 32.1. The SMILES string of the molecule is OCc1n[nH]c(=S)n1C(c1ccccc1)c1ccccc1. The molecule has 0 unspecified atom stereocenters. The maximum Gasteiger partial charge on any atom is 0.196 e. The summed E-state index contributed by atoms with van der Waals surface area (Å²) >= 11 is 5.35. The van der Waals surface area contributed by atoms with Crippen LogP contribution >= 0.6 is 12.2 Å². The van der Waals surface area contributed by atoms with Crippen molar-refractivity contribution < 1.29 is 5.11 Å². The Labute approximate surface area is 127 Å². The van der Waals surface area contributed by atoms with E-state index in [-0.39, 0.29) is 12.6 Å². The van der Waals surface area contributed by atoms with E-state index in [1.54, 1.807) is 0 Å². The molecule has 4 nitrogen and oxygen atoms in total. The Balaban J connectivity index is 2.22. The van der Waals surface area contributed by atoms with Gasteiger partial charge in [-0.05, 0) is 23.3 Å². The molecule has 0 saturated carbocycles. The Kier molecular flexibility index (Phi) is 3.94. The van der Waals surface area contributed by atoms with Gasteiger partial charge >= 0.3 is 0 Å². The Morgan fingerprint density at radius 3 is 2.00 bits per heavy atom. The average molecular weight is 297 g/mol. The second-order valence-corrected chi connectivity index (χ2v) is 5.08. The van der Waals surface area contributed by atoms with E-state index in [4.69, 9.17) is 12.2 Å². The lowest BCUT2D eigenvalue weighted by Gasteiger charge is -2.21. The molecule has 2 aromatic carbocycles. The van der Waals surface area contributed by atoms with Crippen molar-refractivity contribution in [3.05, 3.63) is 82.4 Å². The summed E-state index contributed by atoms with van der Waals surface area (Å²) in [6.07, 6.45) is 0. The molecule has 21 heavy (non-hydrogen) atoms. The molecule has 2 N–H and O–H groups in total. The maximum absolute atomic E-state index is 9.52. The van der Waals surface area contributed by atoms with Gasteiger partial charge in [-0.3, -0.25) is 9.67 Å². The summed E-state index contributed by atoms with van der Waals surface area (Å²) in [5.74, 6) is 0.526. The van der Waals surface area contributed by atoms with E-state index >= 15 is 0 Å². The summed E-state index contributed by atoms with van der Waals surface area (Å²) in [5, 5.41) is 16.4. The summed E-state index contributed by atoms with van der Waals surface area (Å²) in [6.45, 7) is -0.163. The largest absolute Gasteiger partial charge is 0.388 e. The first-order chi connectivity index (χ1) is 10.3. The van der Waals surface area contributed by atoms with Crippen molar-refractivity contribution in [2.24, 2.45) is 0 Å². The van der Waals surface area contributed by atoms with Crippen LogP contribution < -0.4 is 0 Å². The fraction of sp³-hybridized carbons (Fsp3) is 0.125. The van der Waals surface area contributed by atoms with E-state index in [1.165, 1.54) is 0 Å². The van der Waals surface area contributed by atoms with Crippen molar-refractivity contribution in [1.82, 2.24) is 14.8 Å². The molecule has 1 heterocycles. The molecule has 0 spiro atoms. The highest BCUT2D eigenvalue weighted by Crippen LogP contribution is 2.27. The third kappa shape index (κ3) is 2.66. The van der Waals surface area contributed by atoms with Crippen LogP contribution in [-0.2, 0) is 6.61 Å². The van der Waals surface area contributed by atoms with Crippen molar-refractivity contribution in [3.63, 3.8) is 0 Å². The van der Waals surface area contributed by atoms with Crippen LogP contribution in [0.15, 0.2) is 60.7 Å². The van der Waals surface area contributed by atoms with E-state index in [2.05, 4.69) is 10.2 Å². The summed E-state index contributed by atoms with van der Waals surface area (Å²) in [7, 11) is 0. The van der Waals surface area contributed by atoms with Gasteiger partial charge in [0.15, 0.2) is 10.6 Å². The second kappa shape index (κ2) is 6.03. The second-order valence-electron chi connectivity index (χ2n) is 4.70. The molecule has 3 rings (SSSR count). The monoisotopic (exact) mass is 297 g/mol. The Hall–Kier alpha value is -2.24. The number of hydrogen-bond acceptors (Lipinski definition) is 3. The molecule has 0 amide bonds. The number of aliphatic hydroxyl groups excluding tert-OH is 1. The van der Waals surface area contributed by atoms with Crippen LogP contribution in [0.1, 0.15) is 23.0 Å². The Bertz CT molecular complexity index is 725. The number of aromatic nitrogens is 3. The van der Waals surface area contributed by atoms with Crippen molar-refractivity contribution in [2.75, 3.05) is 0 Å². The fourth-order valence-corrected chi connectivity index (χ4v) is 2.73. The number of nitrogens with zero attached hydrogens (tertiary/aromatic N) is 2. The Morgan fingerprint density at radius 1 is 1.00 bits per heavy atom. The minimum atomic E-state index is -0.163. The number of aliphatic hydroxyl groups is 1. The van der Waals surface area contributed by atoms with Gasteiger partial charge in [0.05, 0.1) is 6.04 Å². The summed E-state index contributed by atoms with van der Waals surface area (Å²) in [4.78, 5) is 0. The zero-order chi connectivity index (χ0) is 14.7. The quantitative estimate of drug-likeness (QED) is 0.728. The third-order valence-electron chi connectivity index (χ3n) is 3.41. The highest BCUT2D eigenvalue weighted by molar-refractivity contribution is 7.71. The topological polar surface area (TPSA) is 53.8 Å². The lowest BCUT2D eigenvalue weighted by Crippen LogP contribution is -2.15. The molecule has 1 aromatic heterocycles. The van der Waals surface area contributed by atoms with Crippen LogP contribution in [0.2, 0.25) is 0 Å². The Morgan fingerprint density at radius 2 is 1.52 bits per heavy atom. The van der Waals surface area contributed by atoms with E-state index in [0.29, 0.717) is 10.6 Å². The number of nitrogens with one attached hydrogen (secondary N) is 1. The molecule has 0 atom stereocenters. The number of hydrogen-bond donors (Lipinski definition) is 2. The maximum atomic E-state index is 9.52.